The minimum absolute atomic E-state index is 0.224. The molecule has 2 N–H and O–H groups in total. The fraction of sp³-hybridized carbons (Fsp3) is 0.429. The van der Waals surface area contributed by atoms with E-state index in [0.717, 1.165) is 19.5 Å². The highest BCUT2D eigenvalue weighted by Gasteiger charge is 2.04. The first-order valence-corrected chi connectivity index (χ1v) is 3.54. The Bertz CT molecular complexity index is 198. The quantitative estimate of drug-likeness (QED) is 0.505. The van der Waals surface area contributed by atoms with Crippen molar-refractivity contribution < 1.29 is 4.79 Å². The van der Waals surface area contributed by atoms with Crippen LogP contribution in [0.15, 0.2) is 17.6 Å². The van der Waals surface area contributed by atoms with Gasteiger partial charge in [0.2, 0.25) is 5.91 Å². The smallest absolute Gasteiger partial charge is 0.250 e. The largest absolute Gasteiger partial charge is 0.356 e. The lowest BCUT2D eigenvalue weighted by molar-refractivity contribution is -0.115. The molecule has 0 saturated carbocycles. The first-order valence-electron chi connectivity index (χ1n) is 3.54. The monoisotopic (exact) mass is 153 g/mol. The minimum Gasteiger partial charge on any atom is -0.356 e. The van der Waals surface area contributed by atoms with E-state index in [2.05, 4.69) is 22.2 Å². The van der Waals surface area contributed by atoms with E-state index in [4.69, 9.17) is 0 Å². The Balaban J connectivity index is 2.41. The number of guanidine groups is 1. The van der Waals surface area contributed by atoms with Crippen molar-refractivity contribution in [2.75, 3.05) is 13.1 Å². The van der Waals surface area contributed by atoms with Crippen molar-refractivity contribution in [2.45, 2.75) is 6.42 Å². The van der Waals surface area contributed by atoms with Gasteiger partial charge in [-0.15, -0.1) is 0 Å². The Morgan fingerprint density at radius 1 is 1.82 bits per heavy atom. The van der Waals surface area contributed by atoms with Gasteiger partial charge >= 0.3 is 0 Å². The normalized spacial score (nSPS) is 16.2. The molecular weight excluding hydrogens is 142 g/mol. The lowest BCUT2D eigenvalue weighted by Gasteiger charge is -2.13. The maximum absolute atomic E-state index is 10.7. The zero-order valence-electron chi connectivity index (χ0n) is 6.26. The molecule has 0 atom stereocenters. The first kappa shape index (κ1) is 7.78. The van der Waals surface area contributed by atoms with Crippen LogP contribution < -0.4 is 10.6 Å². The average molecular weight is 153 g/mol. The predicted molar refractivity (Wildman–Crippen MR) is 43.3 cm³/mol. The van der Waals surface area contributed by atoms with Crippen LogP contribution in [0.1, 0.15) is 6.42 Å². The second kappa shape index (κ2) is 3.75. The van der Waals surface area contributed by atoms with Crippen molar-refractivity contribution in [1.29, 1.82) is 0 Å². The van der Waals surface area contributed by atoms with Gasteiger partial charge in [0, 0.05) is 13.1 Å². The van der Waals surface area contributed by atoms with Crippen molar-refractivity contribution in [3.8, 4) is 0 Å². The second-order valence-corrected chi connectivity index (χ2v) is 2.20. The molecule has 0 fully saturated rings. The Morgan fingerprint density at radius 2 is 2.64 bits per heavy atom. The van der Waals surface area contributed by atoms with Gasteiger partial charge in [0.15, 0.2) is 5.96 Å². The Kier molecular flexibility index (Phi) is 2.66. The third-order valence-electron chi connectivity index (χ3n) is 1.32. The summed E-state index contributed by atoms with van der Waals surface area (Å²) >= 11 is 0. The molecule has 0 unspecified atom stereocenters. The summed E-state index contributed by atoms with van der Waals surface area (Å²) in [5, 5.41) is 5.50. The molecule has 1 rings (SSSR count). The highest BCUT2D eigenvalue weighted by molar-refractivity contribution is 6.01. The van der Waals surface area contributed by atoms with Crippen LogP contribution in [0.5, 0.6) is 0 Å². The second-order valence-electron chi connectivity index (χ2n) is 2.20. The van der Waals surface area contributed by atoms with E-state index < -0.39 is 0 Å². The number of carbonyl (C=O) groups excluding carboxylic acids is 1. The van der Waals surface area contributed by atoms with E-state index >= 15 is 0 Å². The van der Waals surface area contributed by atoms with E-state index in [0.29, 0.717) is 5.96 Å². The molecule has 4 heteroatoms. The van der Waals surface area contributed by atoms with Gasteiger partial charge in [-0.3, -0.25) is 15.1 Å². The number of nitrogens with zero attached hydrogens (tertiary/aromatic N) is 1. The predicted octanol–water partition coefficient (Wildman–Crippen LogP) is -0.362. The summed E-state index contributed by atoms with van der Waals surface area (Å²) in [5.41, 5.74) is 0. The van der Waals surface area contributed by atoms with Crippen LogP contribution in [-0.4, -0.2) is 25.0 Å². The van der Waals surface area contributed by atoms with Gasteiger partial charge < -0.3 is 5.32 Å². The summed E-state index contributed by atoms with van der Waals surface area (Å²) in [6.45, 7) is 4.98. The average Bonchev–Trinajstić information content (AvgIpc) is 2.06. The van der Waals surface area contributed by atoms with E-state index in [1.807, 2.05) is 0 Å². The molecular formula is C7H11N3O. The molecule has 0 bridgehead atoms. The molecule has 0 spiro atoms. The SMILES string of the molecule is C=CC(=O)NC1=NCCCN1. The molecule has 0 aromatic rings. The molecule has 0 saturated heterocycles. The Hall–Kier alpha value is -1.32. The van der Waals surface area contributed by atoms with Crippen molar-refractivity contribution >= 4 is 11.9 Å². The summed E-state index contributed by atoms with van der Waals surface area (Å²) in [6, 6.07) is 0. The van der Waals surface area contributed by atoms with Crippen LogP contribution in [0.2, 0.25) is 0 Å². The molecule has 1 amide bonds. The number of rotatable bonds is 1. The maximum Gasteiger partial charge on any atom is 0.250 e. The van der Waals surface area contributed by atoms with Gasteiger partial charge in [0.05, 0.1) is 0 Å². The number of carbonyl (C=O) groups is 1. The van der Waals surface area contributed by atoms with Crippen LogP contribution in [0.25, 0.3) is 0 Å². The molecule has 1 aliphatic heterocycles. The minimum atomic E-state index is -0.224. The van der Waals surface area contributed by atoms with Gasteiger partial charge in [0.1, 0.15) is 0 Å². The maximum atomic E-state index is 10.7. The van der Waals surface area contributed by atoms with Crippen LogP contribution >= 0.6 is 0 Å². The summed E-state index contributed by atoms with van der Waals surface area (Å²) in [4.78, 5) is 14.8. The lowest BCUT2D eigenvalue weighted by Crippen LogP contribution is -2.43. The zero-order valence-corrected chi connectivity index (χ0v) is 6.26. The number of hydrogen-bond acceptors (Lipinski definition) is 3. The van der Waals surface area contributed by atoms with Gasteiger partial charge in [-0.25, -0.2) is 0 Å². The van der Waals surface area contributed by atoms with Crippen molar-refractivity contribution in [3.05, 3.63) is 12.7 Å². The first-order chi connectivity index (χ1) is 5.33. The standard InChI is InChI=1S/C7H11N3O/c1-2-6(11)10-7-8-4-3-5-9-7/h2H,1,3-5H2,(H2,8,9,10,11). The molecule has 0 aliphatic carbocycles. The van der Waals surface area contributed by atoms with E-state index in [9.17, 15) is 4.79 Å². The molecule has 1 aliphatic rings. The number of amides is 1. The van der Waals surface area contributed by atoms with Gasteiger partial charge in [0.25, 0.3) is 0 Å². The molecule has 11 heavy (non-hydrogen) atoms. The van der Waals surface area contributed by atoms with E-state index in [1.165, 1.54) is 6.08 Å². The number of aliphatic imine (C=N–C) groups is 1. The molecule has 4 nitrogen and oxygen atoms in total. The number of nitrogens with one attached hydrogen (secondary N) is 2. The van der Waals surface area contributed by atoms with Gasteiger partial charge in [-0.05, 0) is 12.5 Å². The van der Waals surface area contributed by atoms with Crippen molar-refractivity contribution in [1.82, 2.24) is 10.6 Å². The van der Waals surface area contributed by atoms with E-state index in [-0.39, 0.29) is 5.91 Å². The fourth-order valence-corrected chi connectivity index (χ4v) is 0.784. The van der Waals surface area contributed by atoms with Gasteiger partial charge in [-0.1, -0.05) is 6.58 Å². The van der Waals surface area contributed by atoms with Crippen molar-refractivity contribution in [2.24, 2.45) is 4.99 Å². The molecule has 0 aromatic heterocycles. The van der Waals surface area contributed by atoms with Crippen LogP contribution in [0.3, 0.4) is 0 Å². The zero-order chi connectivity index (χ0) is 8.10. The third-order valence-corrected chi connectivity index (χ3v) is 1.32. The van der Waals surface area contributed by atoms with Gasteiger partial charge in [-0.2, -0.15) is 0 Å². The number of hydrogen-bond donors (Lipinski definition) is 2. The molecule has 0 radical (unpaired) electrons. The Morgan fingerprint density at radius 3 is 3.18 bits per heavy atom. The highest BCUT2D eigenvalue weighted by atomic mass is 16.1. The summed E-state index contributed by atoms with van der Waals surface area (Å²) < 4.78 is 0. The molecule has 60 valence electrons. The fourth-order valence-electron chi connectivity index (χ4n) is 0.784. The summed E-state index contributed by atoms with van der Waals surface area (Å²) in [6.07, 6.45) is 2.24. The summed E-state index contributed by atoms with van der Waals surface area (Å²) in [7, 11) is 0. The third kappa shape index (κ3) is 2.41. The molecule has 0 aromatic carbocycles. The topological polar surface area (TPSA) is 53.5 Å². The van der Waals surface area contributed by atoms with Crippen molar-refractivity contribution in [3.63, 3.8) is 0 Å². The lowest BCUT2D eigenvalue weighted by atomic mass is 10.4. The van der Waals surface area contributed by atoms with Crippen LogP contribution in [-0.2, 0) is 4.79 Å². The van der Waals surface area contributed by atoms with Crippen LogP contribution in [0.4, 0.5) is 0 Å². The molecule has 1 heterocycles. The van der Waals surface area contributed by atoms with E-state index in [1.54, 1.807) is 0 Å². The summed E-state index contributed by atoms with van der Waals surface area (Å²) in [5.74, 6) is 0.333. The Labute approximate surface area is 65.4 Å². The highest BCUT2D eigenvalue weighted by Crippen LogP contribution is 1.86. The van der Waals surface area contributed by atoms with Crippen LogP contribution in [0, 0.1) is 0 Å².